The molecule has 1 atom stereocenters. The molecule has 1 unspecified atom stereocenters. The van der Waals surface area contributed by atoms with Gasteiger partial charge in [-0.15, -0.1) is 0 Å². The summed E-state index contributed by atoms with van der Waals surface area (Å²) in [6, 6.07) is 10.1. The predicted molar refractivity (Wildman–Crippen MR) is 102 cm³/mol. The molecule has 2 aliphatic heterocycles. The molecule has 0 aliphatic carbocycles. The molecule has 150 valence electrons. The molecular weight excluding hydrogens is 380 g/mol. The van der Waals surface area contributed by atoms with E-state index in [-0.39, 0.29) is 37.6 Å². The summed E-state index contributed by atoms with van der Waals surface area (Å²) in [7, 11) is 0. The Morgan fingerprint density at radius 1 is 1.24 bits per heavy atom. The Hall–Kier alpha value is -3.59. The van der Waals surface area contributed by atoms with Gasteiger partial charge in [0.05, 0.1) is 18.1 Å². The van der Waals surface area contributed by atoms with Crippen LogP contribution in [0.5, 0.6) is 17.2 Å². The van der Waals surface area contributed by atoms with Gasteiger partial charge in [-0.2, -0.15) is 0 Å². The van der Waals surface area contributed by atoms with Crippen LogP contribution in [0.15, 0.2) is 42.5 Å². The molecule has 0 radical (unpaired) electrons. The zero-order chi connectivity index (χ0) is 20.2. The van der Waals surface area contributed by atoms with Crippen molar-refractivity contribution >= 4 is 17.7 Å². The number of non-ortho nitro benzene ring substituents is 1. The molecule has 0 fully saturated rings. The van der Waals surface area contributed by atoms with Crippen molar-refractivity contribution in [1.82, 2.24) is 5.32 Å². The molecule has 1 amide bonds. The number of hydrogen-bond acceptors (Lipinski definition) is 7. The molecule has 2 aromatic carbocycles. The molecule has 0 saturated carbocycles. The largest absolute Gasteiger partial charge is 0.486 e. The average molecular weight is 398 g/mol. The number of amides is 1. The van der Waals surface area contributed by atoms with Gasteiger partial charge in [-0.1, -0.05) is 12.1 Å². The second-order valence-corrected chi connectivity index (χ2v) is 6.47. The van der Waals surface area contributed by atoms with Crippen molar-refractivity contribution in [2.45, 2.75) is 12.7 Å². The van der Waals surface area contributed by atoms with Crippen molar-refractivity contribution in [1.29, 1.82) is 0 Å². The lowest BCUT2D eigenvalue weighted by molar-refractivity contribution is -0.385. The number of nitro groups is 1. The normalized spacial score (nSPS) is 17.3. The number of nitrogens with zero attached hydrogens (tertiary/aromatic N) is 1. The monoisotopic (exact) mass is 398 g/mol. The summed E-state index contributed by atoms with van der Waals surface area (Å²) < 4.78 is 22.0. The third-order valence-electron chi connectivity index (χ3n) is 4.42. The van der Waals surface area contributed by atoms with Crippen molar-refractivity contribution in [3.8, 4) is 17.2 Å². The van der Waals surface area contributed by atoms with Crippen LogP contribution >= 0.6 is 0 Å². The van der Waals surface area contributed by atoms with Crippen molar-refractivity contribution in [3.05, 3.63) is 63.7 Å². The maximum atomic E-state index is 12.2. The summed E-state index contributed by atoms with van der Waals surface area (Å²) in [4.78, 5) is 22.8. The van der Waals surface area contributed by atoms with E-state index in [1.54, 1.807) is 6.07 Å². The summed E-state index contributed by atoms with van der Waals surface area (Å²) in [6.45, 7) is 0.852. The second-order valence-electron chi connectivity index (χ2n) is 6.47. The Kier molecular flexibility index (Phi) is 5.30. The maximum absolute atomic E-state index is 12.2. The molecule has 2 aromatic rings. The van der Waals surface area contributed by atoms with Crippen LogP contribution < -0.4 is 19.5 Å². The molecule has 2 heterocycles. The Morgan fingerprint density at radius 2 is 2.07 bits per heavy atom. The van der Waals surface area contributed by atoms with Crippen LogP contribution in [0, 0.1) is 10.1 Å². The van der Waals surface area contributed by atoms with Crippen LogP contribution in [0.25, 0.3) is 6.08 Å². The van der Waals surface area contributed by atoms with Crippen LogP contribution in [0.2, 0.25) is 0 Å². The minimum absolute atomic E-state index is 0.0539. The highest BCUT2D eigenvalue weighted by atomic mass is 16.7. The highest BCUT2D eigenvalue weighted by Gasteiger charge is 2.22. The summed E-state index contributed by atoms with van der Waals surface area (Å²) in [5.41, 5.74) is 0.917. The van der Waals surface area contributed by atoms with E-state index in [0.717, 1.165) is 0 Å². The molecule has 0 aromatic heterocycles. The zero-order valence-corrected chi connectivity index (χ0v) is 15.3. The van der Waals surface area contributed by atoms with Crippen LogP contribution in [0.3, 0.4) is 0 Å². The minimum atomic E-state index is -0.495. The first kappa shape index (κ1) is 18.8. The number of benzene rings is 2. The molecule has 4 rings (SSSR count). The first-order chi connectivity index (χ1) is 14.1. The van der Waals surface area contributed by atoms with Gasteiger partial charge in [-0.05, 0) is 18.2 Å². The molecule has 1 N–H and O–H groups in total. The average Bonchev–Trinajstić information content (AvgIpc) is 2.75. The molecule has 29 heavy (non-hydrogen) atoms. The first-order valence-electron chi connectivity index (χ1n) is 8.96. The van der Waals surface area contributed by atoms with E-state index >= 15 is 0 Å². The van der Waals surface area contributed by atoms with Crippen molar-refractivity contribution in [3.63, 3.8) is 0 Å². The number of fused-ring (bicyclic) bond motifs is 2. The maximum Gasteiger partial charge on any atom is 0.270 e. The van der Waals surface area contributed by atoms with Crippen LogP contribution in [-0.4, -0.2) is 36.9 Å². The van der Waals surface area contributed by atoms with Crippen molar-refractivity contribution in [2.24, 2.45) is 0 Å². The lowest BCUT2D eigenvalue weighted by Crippen LogP contribution is -2.40. The highest BCUT2D eigenvalue weighted by Crippen LogP contribution is 2.33. The standard InChI is InChI=1S/C20H18N2O7/c23-19(21-9-16-11-27-17-3-1-2-4-18(17)29-16)6-5-13-7-15(22(24)25)8-14-10-26-12-28-20(13)14/h1-8,16H,9-12H2,(H,21,23)/b6-5+. The van der Waals surface area contributed by atoms with E-state index in [1.807, 2.05) is 18.2 Å². The lowest BCUT2D eigenvalue weighted by atomic mass is 10.1. The first-order valence-corrected chi connectivity index (χ1v) is 8.96. The summed E-state index contributed by atoms with van der Waals surface area (Å²) >= 11 is 0. The Labute approximate surface area is 166 Å². The topological polar surface area (TPSA) is 109 Å². The molecule has 2 aliphatic rings. The zero-order valence-electron chi connectivity index (χ0n) is 15.3. The van der Waals surface area contributed by atoms with Crippen molar-refractivity contribution < 1.29 is 28.7 Å². The molecule has 0 bridgehead atoms. The fourth-order valence-electron chi connectivity index (χ4n) is 3.06. The van der Waals surface area contributed by atoms with E-state index < -0.39 is 4.92 Å². The van der Waals surface area contributed by atoms with Gasteiger partial charge in [0.25, 0.3) is 5.69 Å². The number of para-hydroxylation sites is 2. The van der Waals surface area contributed by atoms with Crippen molar-refractivity contribution in [2.75, 3.05) is 19.9 Å². The van der Waals surface area contributed by atoms with Crippen LogP contribution in [0.4, 0.5) is 5.69 Å². The van der Waals surface area contributed by atoms with Crippen LogP contribution in [0.1, 0.15) is 11.1 Å². The molecule has 0 saturated heterocycles. The minimum Gasteiger partial charge on any atom is -0.486 e. The van der Waals surface area contributed by atoms with Gasteiger partial charge in [0, 0.05) is 29.3 Å². The van der Waals surface area contributed by atoms with Gasteiger partial charge < -0.3 is 24.3 Å². The van der Waals surface area contributed by atoms with E-state index in [4.69, 9.17) is 18.9 Å². The predicted octanol–water partition coefficient (Wildman–Crippen LogP) is 2.43. The third kappa shape index (κ3) is 4.30. The fourth-order valence-corrected chi connectivity index (χ4v) is 3.06. The number of nitro benzene ring substituents is 1. The smallest absolute Gasteiger partial charge is 0.270 e. The van der Waals surface area contributed by atoms with E-state index in [0.29, 0.717) is 35.0 Å². The van der Waals surface area contributed by atoms with Gasteiger partial charge in [0.15, 0.2) is 18.3 Å². The lowest BCUT2D eigenvalue weighted by Gasteiger charge is -2.26. The van der Waals surface area contributed by atoms with E-state index in [2.05, 4.69) is 5.32 Å². The SMILES string of the molecule is O=C(/C=C/c1cc([N+](=O)[O-])cc2c1OCOC2)NCC1COc2ccccc2O1. The number of carbonyl (C=O) groups excluding carboxylic acids is 1. The van der Waals surface area contributed by atoms with Gasteiger partial charge in [0.1, 0.15) is 18.5 Å². The number of carbonyl (C=O) groups is 1. The second kappa shape index (κ2) is 8.19. The summed E-state index contributed by atoms with van der Waals surface area (Å²) in [6.07, 6.45) is 2.48. The number of hydrogen-bond donors (Lipinski definition) is 1. The third-order valence-corrected chi connectivity index (χ3v) is 4.42. The number of rotatable bonds is 5. The number of nitrogens with one attached hydrogen (secondary N) is 1. The Bertz CT molecular complexity index is 973. The quantitative estimate of drug-likeness (QED) is 0.468. The number of ether oxygens (including phenoxy) is 4. The van der Waals surface area contributed by atoms with E-state index in [9.17, 15) is 14.9 Å². The molecule has 9 heteroatoms. The highest BCUT2D eigenvalue weighted by molar-refractivity contribution is 5.92. The Morgan fingerprint density at radius 3 is 2.90 bits per heavy atom. The van der Waals surface area contributed by atoms with Gasteiger partial charge in [-0.25, -0.2) is 0 Å². The van der Waals surface area contributed by atoms with Gasteiger partial charge in [0.2, 0.25) is 5.91 Å². The summed E-state index contributed by atoms with van der Waals surface area (Å²) in [5, 5.41) is 13.9. The van der Waals surface area contributed by atoms with Gasteiger partial charge in [-0.3, -0.25) is 14.9 Å². The molecule has 0 spiro atoms. The molecular formula is C20H18N2O7. The molecule has 9 nitrogen and oxygen atoms in total. The Balaban J connectivity index is 1.40. The van der Waals surface area contributed by atoms with E-state index in [1.165, 1.54) is 24.3 Å². The van der Waals surface area contributed by atoms with Crippen LogP contribution in [-0.2, 0) is 16.1 Å². The fraction of sp³-hybridized carbons (Fsp3) is 0.250. The summed E-state index contributed by atoms with van der Waals surface area (Å²) in [5.74, 6) is 1.43. The van der Waals surface area contributed by atoms with Gasteiger partial charge >= 0.3 is 0 Å².